The number of hydrogen-bond donors (Lipinski definition) is 0. The number of alkyl halides is 2. The minimum Gasteiger partial charge on any atom is -0.433 e. The molecule has 0 unspecified atom stereocenters. The summed E-state index contributed by atoms with van der Waals surface area (Å²) in [6.07, 6.45) is 1.22. The normalized spacial score (nSPS) is 9.93. The standard InChI is InChI=1S/C8H5ClF2N2O/c9-7-5(1-3-12)13-4-2-6(7)14-8(10)11/h2,4,8H,1H2. The zero-order valence-corrected chi connectivity index (χ0v) is 7.63. The number of pyridine rings is 1. The number of hydrogen-bond acceptors (Lipinski definition) is 3. The summed E-state index contributed by atoms with van der Waals surface area (Å²) in [6.45, 7) is -2.94. The average Bonchev–Trinajstić information content (AvgIpc) is 2.11. The highest BCUT2D eigenvalue weighted by molar-refractivity contribution is 6.32. The molecule has 0 spiro atoms. The summed E-state index contributed by atoms with van der Waals surface area (Å²) in [5.74, 6) is -0.165. The van der Waals surface area contributed by atoms with Gasteiger partial charge in [0.2, 0.25) is 0 Å². The molecule has 0 saturated heterocycles. The van der Waals surface area contributed by atoms with Crippen LogP contribution in [0.3, 0.4) is 0 Å². The second-order valence-corrected chi connectivity index (χ2v) is 2.66. The fourth-order valence-corrected chi connectivity index (χ4v) is 1.08. The topological polar surface area (TPSA) is 45.9 Å². The fraction of sp³-hybridized carbons (Fsp3) is 0.250. The summed E-state index contributed by atoms with van der Waals surface area (Å²) in [7, 11) is 0. The van der Waals surface area contributed by atoms with Crippen LogP contribution in [0.25, 0.3) is 0 Å². The Morgan fingerprint density at radius 1 is 1.64 bits per heavy atom. The zero-order chi connectivity index (χ0) is 10.6. The van der Waals surface area contributed by atoms with Crippen molar-refractivity contribution in [3.05, 3.63) is 23.0 Å². The van der Waals surface area contributed by atoms with Crippen molar-refractivity contribution in [1.82, 2.24) is 4.98 Å². The first-order valence-electron chi connectivity index (χ1n) is 3.60. The first kappa shape index (κ1) is 10.7. The van der Waals surface area contributed by atoms with Crippen molar-refractivity contribution >= 4 is 11.6 Å². The monoisotopic (exact) mass is 218 g/mol. The number of aromatic nitrogens is 1. The number of nitriles is 1. The summed E-state index contributed by atoms with van der Waals surface area (Å²) in [4.78, 5) is 3.76. The highest BCUT2D eigenvalue weighted by Crippen LogP contribution is 2.27. The van der Waals surface area contributed by atoms with Crippen molar-refractivity contribution in [2.75, 3.05) is 0 Å². The van der Waals surface area contributed by atoms with Gasteiger partial charge in [0.05, 0.1) is 18.2 Å². The van der Waals surface area contributed by atoms with Crippen molar-refractivity contribution < 1.29 is 13.5 Å². The molecule has 0 N–H and O–H groups in total. The molecule has 0 fully saturated rings. The predicted octanol–water partition coefficient (Wildman–Crippen LogP) is 2.40. The molecule has 74 valence electrons. The first-order valence-corrected chi connectivity index (χ1v) is 3.98. The predicted molar refractivity (Wildman–Crippen MR) is 45.2 cm³/mol. The van der Waals surface area contributed by atoms with Crippen LogP contribution in [0.5, 0.6) is 5.75 Å². The van der Waals surface area contributed by atoms with Crippen LogP contribution in [0.1, 0.15) is 5.69 Å². The summed E-state index contributed by atoms with van der Waals surface area (Å²) < 4.78 is 27.8. The fourth-order valence-electron chi connectivity index (χ4n) is 0.852. The van der Waals surface area contributed by atoms with Crippen LogP contribution in [0, 0.1) is 11.3 Å². The van der Waals surface area contributed by atoms with Gasteiger partial charge in [-0.1, -0.05) is 11.6 Å². The van der Waals surface area contributed by atoms with Crippen molar-refractivity contribution in [1.29, 1.82) is 5.26 Å². The number of ether oxygens (including phenoxy) is 1. The van der Waals surface area contributed by atoms with Crippen molar-refractivity contribution in [3.8, 4) is 11.8 Å². The van der Waals surface area contributed by atoms with E-state index in [1.165, 1.54) is 12.3 Å². The number of rotatable bonds is 3. The van der Waals surface area contributed by atoms with Crippen LogP contribution >= 0.6 is 11.6 Å². The van der Waals surface area contributed by atoms with E-state index in [0.717, 1.165) is 0 Å². The second kappa shape index (κ2) is 4.72. The Balaban J connectivity index is 2.96. The minimum absolute atomic E-state index is 0.0424. The van der Waals surface area contributed by atoms with Crippen molar-refractivity contribution in [2.24, 2.45) is 0 Å². The lowest BCUT2D eigenvalue weighted by Gasteiger charge is -2.07. The van der Waals surface area contributed by atoms with E-state index in [1.807, 2.05) is 6.07 Å². The quantitative estimate of drug-likeness (QED) is 0.783. The van der Waals surface area contributed by atoms with E-state index in [4.69, 9.17) is 16.9 Å². The van der Waals surface area contributed by atoms with Gasteiger partial charge in [-0.15, -0.1) is 0 Å². The largest absolute Gasteiger partial charge is 0.433 e. The van der Waals surface area contributed by atoms with Crippen LogP contribution < -0.4 is 4.74 Å². The molecule has 0 bridgehead atoms. The van der Waals surface area contributed by atoms with E-state index in [2.05, 4.69) is 9.72 Å². The Hall–Kier alpha value is -1.41. The van der Waals surface area contributed by atoms with Crippen LogP contribution in [-0.4, -0.2) is 11.6 Å². The third kappa shape index (κ3) is 2.54. The molecule has 0 saturated carbocycles. The van der Waals surface area contributed by atoms with E-state index < -0.39 is 6.61 Å². The smallest absolute Gasteiger partial charge is 0.387 e. The molecular weight excluding hydrogens is 214 g/mol. The highest BCUT2D eigenvalue weighted by Gasteiger charge is 2.12. The molecule has 14 heavy (non-hydrogen) atoms. The molecule has 0 radical (unpaired) electrons. The molecular formula is C8H5ClF2N2O. The Morgan fingerprint density at radius 2 is 2.36 bits per heavy atom. The SMILES string of the molecule is N#CCc1nccc(OC(F)F)c1Cl. The molecule has 0 aliphatic carbocycles. The van der Waals surface area contributed by atoms with Crippen LogP contribution in [0.15, 0.2) is 12.3 Å². The first-order chi connectivity index (χ1) is 6.65. The van der Waals surface area contributed by atoms with Gasteiger partial charge in [-0.05, 0) is 0 Å². The molecule has 0 aliphatic rings. The summed E-state index contributed by atoms with van der Waals surface area (Å²) in [6, 6.07) is 3.03. The van der Waals surface area contributed by atoms with Crippen molar-refractivity contribution in [3.63, 3.8) is 0 Å². The Labute approximate surface area is 83.9 Å². The van der Waals surface area contributed by atoms with E-state index in [9.17, 15) is 8.78 Å². The van der Waals surface area contributed by atoms with Gasteiger partial charge < -0.3 is 4.74 Å². The third-order valence-corrected chi connectivity index (χ3v) is 1.79. The van der Waals surface area contributed by atoms with Gasteiger partial charge in [0.25, 0.3) is 0 Å². The molecule has 1 heterocycles. The highest BCUT2D eigenvalue weighted by atomic mass is 35.5. The lowest BCUT2D eigenvalue weighted by Crippen LogP contribution is -2.03. The zero-order valence-electron chi connectivity index (χ0n) is 6.88. The molecule has 1 rings (SSSR count). The molecule has 0 amide bonds. The van der Waals surface area contributed by atoms with Crippen LogP contribution in [-0.2, 0) is 6.42 Å². The maximum absolute atomic E-state index is 11.9. The Kier molecular flexibility index (Phi) is 3.60. The lowest BCUT2D eigenvalue weighted by atomic mass is 10.3. The molecule has 1 aromatic heterocycles. The van der Waals surface area contributed by atoms with E-state index in [0.29, 0.717) is 0 Å². The maximum atomic E-state index is 11.9. The number of nitrogens with zero attached hydrogens (tertiary/aromatic N) is 2. The maximum Gasteiger partial charge on any atom is 0.387 e. The minimum atomic E-state index is -2.94. The van der Waals surface area contributed by atoms with Gasteiger partial charge in [0, 0.05) is 12.3 Å². The van der Waals surface area contributed by atoms with E-state index in [-0.39, 0.29) is 22.9 Å². The van der Waals surface area contributed by atoms with Gasteiger partial charge in [0.15, 0.2) is 0 Å². The molecule has 0 aromatic carbocycles. The second-order valence-electron chi connectivity index (χ2n) is 2.28. The van der Waals surface area contributed by atoms with E-state index >= 15 is 0 Å². The van der Waals surface area contributed by atoms with Gasteiger partial charge in [0.1, 0.15) is 10.8 Å². The number of halogens is 3. The van der Waals surface area contributed by atoms with Gasteiger partial charge in [-0.3, -0.25) is 4.98 Å². The molecule has 6 heteroatoms. The summed E-state index contributed by atoms with van der Waals surface area (Å²) >= 11 is 5.66. The molecule has 0 aliphatic heterocycles. The summed E-state index contributed by atoms with van der Waals surface area (Å²) in [5, 5.41) is 8.33. The average molecular weight is 219 g/mol. The van der Waals surface area contributed by atoms with Crippen molar-refractivity contribution in [2.45, 2.75) is 13.0 Å². The van der Waals surface area contributed by atoms with Gasteiger partial charge >= 0.3 is 6.61 Å². The van der Waals surface area contributed by atoms with E-state index in [1.54, 1.807) is 0 Å². The summed E-state index contributed by atoms with van der Waals surface area (Å²) in [5.41, 5.74) is 0.229. The third-order valence-electron chi connectivity index (χ3n) is 1.39. The lowest BCUT2D eigenvalue weighted by molar-refractivity contribution is -0.0498. The molecule has 3 nitrogen and oxygen atoms in total. The molecule has 0 atom stereocenters. The van der Waals surface area contributed by atoms with Gasteiger partial charge in [-0.2, -0.15) is 14.0 Å². The molecule has 1 aromatic rings. The Bertz CT molecular complexity index is 365. The Morgan fingerprint density at radius 3 is 2.93 bits per heavy atom. The van der Waals surface area contributed by atoms with Gasteiger partial charge in [-0.25, -0.2) is 0 Å². The van der Waals surface area contributed by atoms with Crippen LogP contribution in [0.2, 0.25) is 5.02 Å². The van der Waals surface area contributed by atoms with Crippen LogP contribution in [0.4, 0.5) is 8.78 Å².